The second-order valence-corrected chi connectivity index (χ2v) is 7.02. The van der Waals surface area contributed by atoms with Gasteiger partial charge in [-0.25, -0.2) is 4.39 Å². The highest BCUT2D eigenvalue weighted by atomic mass is 35.5. The molecule has 0 saturated heterocycles. The van der Waals surface area contributed by atoms with Crippen LogP contribution in [0.15, 0.2) is 41.0 Å². The maximum absolute atomic E-state index is 13.1. The molecule has 0 fully saturated rings. The first kappa shape index (κ1) is 19.9. The van der Waals surface area contributed by atoms with Gasteiger partial charge in [0.1, 0.15) is 11.4 Å². The average molecular weight is 404 g/mol. The van der Waals surface area contributed by atoms with Crippen LogP contribution in [0.1, 0.15) is 23.6 Å². The molecule has 1 N–H and O–H groups in total. The summed E-state index contributed by atoms with van der Waals surface area (Å²) in [5, 5.41) is 3.41. The molecule has 0 aliphatic rings. The van der Waals surface area contributed by atoms with Gasteiger partial charge in [-0.15, -0.1) is 0 Å². The van der Waals surface area contributed by atoms with Crippen LogP contribution in [0.25, 0.3) is 11.0 Å². The lowest BCUT2D eigenvalue weighted by atomic mass is 10.0. The largest absolute Gasteiger partial charge is 0.464 e. The van der Waals surface area contributed by atoms with Crippen LogP contribution in [0.5, 0.6) is 0 Å². The second-order valence-electron chi connectivity index (χ2n) is 6.62. The SMILES string of the molecule is Cc1cc2occ(CC(=O)OC(C)C(=O)Nc3ccc(F)cc3Cl)c2cc1C. The van der Waals surface area contributed by atoms with Crippen molar-refractivity contribution in [1.82, 2.24) is 0 Å². The van der Waals surface area contributed by atoms with Crippen LogP contribution in [-0.4, -0.2) is 18.0 Å². The van der Waals surface area contributed by atoms with Crippen LogP contribution in [0.3, 0.4) is 0 Å². The van der Waals surface area contributed by atoms with Gasteiger partial charge in [0.05, 0.1) is 23.4 Å². The molecular weight excluding hydrogens is 385 g/mol. The molecule has 3 rings (SSSR count). The third-order valence-corrected chi connectivity index (χ3v) is 4.78. The molecule has 0 bridgehead atoms. The van der Waals surface area contributed by atoms with Crippen molar-refractivity contribution in [3.8, 4) is 0 Å². The minimum Gasteiger partial charge on any atom is -0.464 e. The Balaban J connectivity index is 1.64. The number of benzene rings is 2. The minimum atomic E-state index is -1.05. The number of amides is 1. The Bertz CT molecular complexity index is 1060. The highest BCUT2D eigenvalue weighted by Gasteiger charge is 2.20. The summed E-state index contributed by atoms with van der Waals surface area (Å²) >= 11 is 5.89. The quantitative estimate of drug-likeness (QED) is 0.611. The zero-order valence-electron chi connectivity index (χ0n) is 15.6. The maximum atomic E-state index is 13.1. The van der Waals surface area contributed by atoms with Crippen molar-refractivity contribution in [2.45, 2.75) is 33.3 Å². The van der Waals surface area contributed by atoms with Crippen LogP contribution in [0.4, 0.5) is 10.1 Å². The Labute approximate surface area is 166 Å². The Morgan fingerprint density at radius 1 is 1.21 bits per heavy atom. The number of rotatable bonds is 5. The van der Waals surface area contributed by atoms with E-state index in [0.717, 1.165) is 22.6 Å². The van der Waals surface area contributed by atoms with Crippen LogP contribution in [0.2, 0.25) is 5.02 Å². The zero-order valence-corrected chi connectivity index (χ0v) is 16.4. The molecule has 1 atom stereocenters. The zero-order chi connectivity index (χ0) is 20.4. The lowest BCUT2D eigenvalue weighted by Crippen LogP contribution is -2.30. The third-order valence-electron chi connectivity index (χ3n) is 4.47. The molecular formula is C21H19ClFNO4. The fraction of sp³-hybridized carbons (Fsp3) is 0.238. The fourth-order valence-corrected chi connectivity index (χ4v) is 2.96. The number of esters is 1. The number of halogens is 2. The standard InChI is InChI=1S/C21H19ClFNO4/c1-11-6-16-14(10-27-19(16)7-12(11)2)8-20(25)28-13(3)21(26)24-18-5-4-15(23)9-17(18)22/h4-7,9-10,13H,8H2,1-3H3,(H,24,26). The van der Waals surface area contributed by atoms with Gasteiger partial charge in [-0.05, 0) is 62.2 Å². The molecule has 146 valence electrons. The summed E-state index contributed by atoms with van der Waals surface area (Å²) in [6.07, 6.45) is 0.453. The van der Waals surface area contributed by atoms with Crippen molar-refractivity contribution in [3.05, 3.63) is 64.1 Å². The lowest BCUT2D eigenvalue weighted by Gasteiger charge is -2.14. The van der Waals surface area contributed by atoms with Crippen LogP contribution < -0.4 is 5.32 Å². The summed E-state index contributed by atoms with van der Waals surface area (Å²) in [6.45, 7) is 5.42. The summed E-state index contributed by atoms with van der Waals surface area (Å²) in [6, 6.07) is 7.48. The van der Waals surface area contributed by atoms with E-state index >= 15 is 0 Å². The molecule has 1 heterocycles. The van der Waals surface area contributed by atoms with E-state index in [1.54, 1.807) is 0 Å². The number of aryl methyl sites for hydroxylation is 2. The fourth-order valence-electron chi connectivity index (χ4n) is 2.75. The molecule has 0 radical (unpaired) electrons. The number of nitrogens with one attached hydrogen (secondary N) is 1. The molecule has 1 unspecified atom stereocenters. The molecule has 28 heavy (non-hydrogen) atoms. The minimum absolute atomic E-state index is 0.0234. The summed E-state index contributed by atoms with van der Waals surface area (Å²) in [7, 11) is 0. The van der Waals surface area contributed by atoms with E-state index in [0.29, 0.717) is 11.1 Å². The monoisotopic (exact) mass is 403 g/mol. The predicted molar refractivity (Wildman–Crippen MR) is 105 cm³/mol. The predicted octanol–water partition coefficient (Wildman–Crippen LogP) is 4.96. The van der Waals surface area contributed by atoms with E-state index in [1.807, 2.05) is 26.0 Å². The number of anilines is 1. The van der Waals surface area contributed by atoms with Crippen molar-refractivity contribution in [2.24, 2.45) is 0 Å². The Morgan fingerprint density at radius 3 is 2.64 bits per heavy atom. The molecule has 5 nitrogen and oxygen atoms in total. The van der Waals surface area contributed by atoms with E-state index in [-0.39, 0.29) is 17.1 Å². The Morgan fingerprint density at radius 2 is 1.93 bits per heavy atom. The molecule has 0 saturated carbocycles. The normalized spacial score (nSPS) is 12.0. The van der Waals surface area contributed by atoms with Gasteiger partial charge in [-0.2, -0.15) is 0 Å². The smallest absolute Gasteiger partial charge is 0.311 e. The van der Waals surface area contributed by atoms with Gasteiger partial charge in [0, 0.05) is 10.9 Å². The molecule has 0 aliphatic heterocycles. The van der Waals surface area contributed by atoms with Crippen molar-refractivity contribution < 1.29 is 23.1 Å². The topological polar surface area (TPSA) is 68.5 Å². The van der Waals surface area contributed by atoms with Crippen LogP contribution >= 0.6 is 11.6 Å². The van der Waals surface area contributed by atoms with Crippen LogP contribution in [-0.2, 0) is 20.7 Å². The number of fused-ring (bicyclic) bond motifs is 1. The van der Waals surface area contributed by atoms with E-state index < -0.39 is 23.8 Å². The van der Waals surface area contributed by atoms with E-state index in [2.05, 4.69) is 5.32 Å². The molecule has 3 aromatic rings. The number of carbonyl (C=O) groups excluding carboxylic acids is 2. The van der Waals surface area contributed by atoms with Gasteiger partial charge in [0.15, 0.2) is 6.10 Å². The van der Waals surface area contributed by atoms with Crippen molar-refractivity contribution in [3.63, 3.8) is 0 Å². The van der Waals surface area contributed by atoms with Crippen LogP contribution in [0, 0.1) is 19.7 Å². The number of furan rings is 1. The third kappa shape index (κ3) is 4.34. The Kier molecular flexibility index (Phi) is 5.70. The van der Waals surface area contributed by atoms with E-state index in [4.69, 9.17) is 20.8 Å². The van der Waals surface area contributed by atoms with Crippen molar-refractivity contribution >= 4 is 40.1 Å². The van der Waals surface area contributed by atoms with Gasteiger partial charge in [0.2, 0.25) is 0 Å². The molecule has 1 aromatic heterocycles. The molecule has 2 aromatic carbocycles. The number of ether oxygens (including phenoxy) is 1. The van der Waals surface area contributed by atoms with Crippen molar-refractivity contribution in [2.75, 3.05) is 5.32 Å². The van der Waals surface area contributed by atoms with Crippen molar-refractivity contribution in [1.29, 1.82) is 0 Å². The first-order valence-electron chi connectivity index (χ1n) is 8.67. The van der Waals surface area contributed by atoms with E-state index in [9.17, 15) is 14.0 Å². The summed E-state index contributed by atoms with van der Waals surface area (Å²) in [5.74, 6) is -1.64. The second kappa shape index (κ2) is 8.02. The molecule has 0 aliphatic carbocycles. The Hall–Kier alpha value is -2.86. The first-order chi connectivity index (χ1) is 13.2. The van der Waals surface area contributed by atoms with Gasteiger partial charge in [0.25, 0.3) is 5.91 Å². The first-order valence-corrected chi connectivity index (χ1v) is 9.05. The summed E-state index contributed by atoms with van der Waals surface area (Å²) < 4.78 is 23.8. The van der Waals surface area contributed by atoms with Gasteiger partial charge in [-0.1, -0.05) is 11.6 Å². The van der Waals surface area contributed by atoms with Gasteiger partial charge < -0.3 is 14.5 Å². The van der Waals surface area contributed by atoms with E-state index in [1.165, 1.54) is 25.3 Å². The maximum Gasteiger partial charge on any atom is 0.311 e. The number of carbonyl (C=O) groups is 2. The van der Waals surface area contributed by atoms with Gasteiger partial charge >= 0.3 is 5.97 Å². The highest BCUT2D eigenvalue weighted by Crippen LogP contribution is 2.26. The highest BCUT2D eigenvalue weighted by molar-refractivity contribution is 6.33. The molecule has 0 spiro atoms. The number of hydrogen-bond donors (Lipinski definition) is 1. The summed E-state index contributed by atoms with van der Waals surface area (Å²) in [4.78, 5) is 24.5. The lowest BCUT2D eigenvalue weighted by molar-refractivity contribution is -0.152. The summed E-state index contributed by atoms with van der Waals surface area (Å²) in [5.41, 5.74) is 3.82. The molecule has 7 heteroatoms. The average Bonchev–Trinajstić information content (AvgIpc) is 2.99. The van der Waals surface area contributed by atoms with Gasteiger partial charge in [-0.3, -0.25) is 9.59 Å². The molecule has 1 amide bonds. The number of hydrogen-bond acceptors (Lipinski definition) is 4.